The lowest BCUT2D eigenvalue weighted by molar-refractivity contribution is -0.137. The number of benzene rings is 1. The van der Waals surface area contributed by atoms with Crippen LogP contribution in [0, 0.1) is 5.92 Å². The van der Waals surface area contributed by atoms with E-state index in [1.807, 2.05) is 0 Å². The van der Waals surface area contributed by atoms with Gasteiger partial charge >= 0.3 is 18.1 Å². The van der Waals surface area contributed by atoms with Gasteiger partial charge in [-0.3, -0.25) is 4.79 Å². The van der Waals surface area contributed by atoms with E-state index in [0.717, 1.165) is 35.4 Å². The van der Waals surface area contributed by atoms with Gasteiger partial charge in [0.25, 0.3) is 5.91 Å². The number of nitrogens with one attached hydrogen (secondary N) is 1. The number of amides is 1. The Morgan fingerprint density at radius 3 is 2.64 bits per heavy atom. The molecule has 6 nitrogen and oxygen atoms in total. The van der Waals surface area contributed by atoms with Crippen molar-refractivity contribution in [1.29, 1.82) is 0 Å². The molecule has 1 aliphatic carbocycles. The third kappa shape index (κ3) is 5.73. The number of hydrogen-bond acceptors (Lipinski definition) is 6. The molecular formula is C23H24F3NO5S. The van der Waals surface area contributed by atoms with Crippen molar-refractivity contribution in [2.75, 3.05) is 11.9 Å². The maximum atomic E-state index is 12.9. The number of fused-ring (bicyclic) bond motifs is 1. The van der Waals surface area contributed by atoms with Crippen LogP contribution in [0.2, 0.25) is 0 Å². The van der Waals surface area contributed by atoms with Crippen molar-refractivity contribution in [1.82, 2.24) is 0 Å². The zero-order valence-electron chi connectivity index (χ0n) is 18.4. The fourth-order valence-corrected chi connectivity index (χ4v) is 4.98. The fraction of sp³-hybridized carbons (Fsp3) is 0.435. The van der Waals surface area contributed by atoms with Crippen LogP contribution in [0.5, 0.6) is 0 Å². The molecule has 0 unspecified atom stereocenters. The van der Waals surface area contributed by atoms with Gasteiger partial charge in [0, 0.05) is 4.88 Å². The van der Waals surface area contributed by atoms with Gasteiger partial charge in [-0.2, -0.15) is 13.2 Å². The van der Waals surface area contributed by atoms with Crippen molar-refractivity contribution in [2.45, 2.75) is 52.3 Å². The van der Waals surface area contributed by atoms with E-state index in [1.165, 1.54) is 24.3 Å². The first kappa shape index (κ1) is 24.8. The van der Waals surface area contributed by atoms with Crippen LogP contribution < -0.4 is 5.32 Å². The number of carbonyl (C=O) groups is 3. The molecule has 2 aromatic rings. The van der Waals surface area contributed by atoms with Gasteiger partial charge in [0.15, 0.2) is 6.10 Å². The monoisotopic (exact) mass is 483 g/mol. The maximum Gasteiger partial charge on any atom is 0.416 e. The van der Waals surface area contributed by atoms with E-state index in [-0.39, 0.29) is 12.2 Å². The standard InChI is InChI=1S/C23H24F3NO5S/c1-4-31-22(30)18-16-9-8-12(2)10-17(16)33-20(18)27-19(28)13(3)32-21(29)14-6-5-7-15(11-14)23(24,25)26/h5-7,11-13H,4,8-10H2,1-3H3,(H,27,28)/t12-,13+/m0/s1. The van der Waals surface area contributed by atoms with Crippen LogP contribution in [0.1, 0.15) is 63.9 Å². The summed E-state index contributed by atoms with van der Waals surface area (Å²) in [5.41, 5.74) is -0.141. The Labute approximate surface area is 193 Å². The summed E-state index contributed by atoms with van der Waals surface area (Å²) in [5, 5.41) is 2.95. The molecular weight excluding hydrogens is 459 g/mol. The largest absolute Gasteiger partial charge is 0.462 e. The third-order valence-corrected chi connectivity index (χ3v) is 6.48. The van der Waals surface area contributed by atoms with Crippen LogP contribution in [0.25, 0.3) is 0 Å². The molecule has 1 aliphatic rings. The number of alkyl halides is 3. The molecule has 3 rings (SSSR count). The van der Waals surface area contributed by atoms with Gasteiger partial charge in [0.2, 0.25) is 0 Å². The highest BCUT2D eigenvalue weighted by atomic mass is 32.1. The van der Waals surface area contributed by atoms with E-state index in [1.54, 1.807) is 6.92 Å². The molecule has 2 atom stereocenters. The Morgan fingerprint density at radius 1 is 1.24 bits per heavy atom. The van der Waals surface area contributed by atoms with Gasteiger partial charge in [-0.25, -0.2) is 9.59 Å². The Morgan fingerprint density at radius 2 is 1.97 bits per heavy atom. The van der Waals surface area contributed by atoms with E-state index >= 15 is 0 Å². The molecule has 0 fully saturated rings. The summed E-state index contributed by atoms with van der Waals surface area (Å²) in [6.07, 6.45) is -3.54. The molecule has 0 spiro atoms. The first-order valence-electron chi connectivity index (χ1n) is 10.5. The average molecular weight is 484 g/mol. The van der Waals surface area contributed by atoms with Gasteiger partial charge < -0.3 is 14.8 Å². The van der Waals surface area contributed by atoms with Crippen molar-refractivity contribution in [3.8, 4) is 0 Å². The van der Waals surface area contributed by atoms with Gasteiger partial charge in [0.05, 0.1) is 23.3 Å². The van der Waals surface area contributed by atoms with E-state index in [4.69, 9.17) is 9.47 Å². The second-order valence-electron chi connectivity index (χ2n) is 7.89. The second-order valence-corrected chi connectivity index (χ2v) is 9.00. The number of hydrogen-bond donors (Lipinski definition) is 1. The molecule has 10 heteroatoms. The summed E-state index contributed by atoms with van der Waals surface area (Å²) in [5.74, 6) is -1.85. The Bertz CT molecular complexity index is 1060. The molecule has 0 bridgehead atoms. The third-order valence-electron chi connectivity index (χ3n) is 5.31. The van der Waals surface area contributed by atoms with Crippen LogP contribution in [0.15, 0.2) is 24.3 Å². The molecule has 1 heterocycles. The van der Waals surface area contributed by atoms with E-state index < -0.39 is 35.7 Å². The summed E-state index contributed by atoms with van der Waals surface area (Å²) in [6.45, 7) is 5.28. The number of carbonyl (C=O) groups excluding carboxylic acids is 3. The smallest absolute Gasteiger partial charge is 0.416 e. The van der Waals surface area contributed by atoms with Crippen molar-refractivity contribution < 1.29 is 37.0 Å². The summed E-state index contributed by atoms with van der Waals surface area (Å²) in [6, 6.07) is 3.77. The van der Waals surface area contributed by atoms with E-state index in [0.29, 0.717) is 29.0 Å². The lowest BCUT2D eigenvalue weighted by atomic mass is 9.88. The molecule has 1 N–H and O–H groups in total. The predicted octanol–water partition coefficient (Wildman–Crippen LogP) is 5.25. The van der Waals surface area contributed by atoms with Crippen molar-refractivity contribution in [3.05, 3.63) is 51.4 Å². The number of thiophene rings is 1. The summed E-state index contributed by atoms with van der Waals surface area (Å²) in [7, 11) is 0. The SMILES string of the molecule is CCOC(=O)c1c(NC(=O)[C@@H](C)OC(=O)c2cccc(C(F)(F)F)c2)sc2c1CC[C@H](C)C2. The lowest BCUT2D eigenvalue weighted by Gasteiger charge is -2.18. The van der Waals surface area contributed by atoms with Crippen LogP contribution in [-0.2, 0) is 33.3 Å². The summed E-state index contributed by atoms with van der Waals surface area (Å²) in [4.78, 5) is 38.6. The molecule has 178 valence electrons. The highest BCUT2D eigenvalue weighted by molar-refractivity contribution is 7.17. The zero-order valence-corrected chi connectivity index (χ0v) is 19.2. The van der Waals surface area contributed by atoms with Crippen LogP contribution >= 0.6 is 11.3 Å². The first-order valence-corrected chi connectivity index (χ1v) is 11.3. The number of rotatable bonds is 6. The minimum atomic E-state index is -4.61. The lowest BCUT2D eigenvalue weighted by Crippen LogP contribution is -2.30. The van der Waals surface area contributed by atoms with Gasteiger partial charge in [-0.05, 0) is 62.8 Å². The maximum absolute atomic E-state index is 12.9. The van der Waals surface area contributed by atoms with Gasteiger partial charge in [-0.15, -0.1) is 11.3 Å². The molecule has 33 heavy (non-hydrogen) atoms. The topological polar surface area (TPSA) is 81.7 Å². The fourth-order valence-electron chi connectivity index (χ4n) is 3.58. The summed E-state index contributed by atoms with van der Waals surface area (Å²) < 4.78 is 48.9. The predicted molar refractivity (Wildman–Crippen MR) is 116 cm³/mol. The number of esters is 2. The van der Waals surface area contributed by atoms with Crippen LogP contribution in [0.3, 0.4) is 0 Å². The van der Waals surface area contributed by atoms with Crippen LogP contribution in [-0.4, -0.2) is 30.6 Å². The molecule has 1 aromatic carbocycles. The molecule has 0 aliphatic heterocycles. The number of anilines is 1. The molecule has 0 radical (unpaired) electrons. The molecule has 1 aromatic heterocycles. The minimum absolute atomic E-state index is 0.179. The number of ether oxygens (including phenoxy) is 2. The molecule has 0 saturated heterocycles. The normalized spacial score (nSPS) is 16.5. The van der Waals surface area contributed by atoms with Crippen molar-refractivity contribution in [3.63, 3.8) is 0 Å². The first-order chi connectivity index (χ1) is 15.5. The zero-order chi connectivity index (χ0) is 24.3. The quantitative estimate of drug-likeness (QED) is 0.568. The minimum Gasteiger partial charge on any atom is -0.462 e. The molecule has 1 amide bonds. The van der Waals surface area contributed by atoms with E-state index in [9.17, 15) is 27.6 Å². The van der Waals surface area contributed by atoms with E-state index in [2.05, 4.69) is 12.2 Å². The highest BCUT2D eigenvalue weighted by Gasteiger charge is 2.32. The van der Waals surface area contributed by atoms with Crippen molar-refractivity contribution >= 4 is 34.2 Å². The number of halogens is 3. The van der Waals surface area contributed by atoms with Gasteiger partial charge in [-0.1, -0.05) is 13.0 Å². The van der Waals surface area contributed by atoms with Crippen LogP contribution in [0.4, 0.5) is 18.2 Å². The van der Waals surface area contributed by atoms with Gasteiger partial charge in [0.1, 0.15) is 5.00 Å². The summed E-state index contributed by atoms with van der Waals surface area (Å²) >= 11 is 1.29. The Hall–Kier alpha value is -2.88. The average Bonchev–Trinajstić information content (AvgIpc) is 3.10. The highest BCUT2D eigenvalue weighted by Crippen LogP contribution is 2.40. The Balaban J connectivity index is 1.76. The Kier molecular flexibility index (Phi) is 7.46. The second kappa shape index (κ2) is 9.94. The molecule has 0 saturated carbocycles. The van der Waals surface area contributed by atoms with Crippen molar-refractivity contribution in [2.24, 2.45) is 5.92 Å².